The molecule has 1 aliphatic carbocycles. The number of nitrogens with one attached hydrogen (secondary N) is 1. The summed E-state index contributed by atoms with van der Waals surface area (Å²) in [6.07, 6.45) is 3.43. The zero-order chi connectivity index (χ0) is 23.6. The average molecular weight is 550 g/mol. The van der Waals surface area contributed by atoms with Gasteiger partial charge >= 0.3 is 27.0 Å². The van der Waals surface area contributed by atoms with Crippen molar-refractivity contribution in [2.75, 3.05) is 0 Å². The van der Waals surface area contributed by atoms with Gasteiger partial charge in [0.25, 0.3) is 0 Å². The Balaban J connectivity index is 0.000000317. The van der Waals surface area contributed by atoms with Crippen molar-refractivity contribution in [3.63, 3.8) is 0 Å². The zero-order valence-electron chi connectivity index (χ0n) is 18.7. The van der Waals surface area contributed by atoms with Gasteiger partial charge < -0.3 is 10.5 Å². The molecular weight excluding hydrogens is 517 g/mol. The summed E-state index contributed by atoms with van der Waals surface area (Å²) in [5.74, 6) is 0.607. The van der Waals surface area contributed by atoms with Crippen LogP contribution in [-0.4, -0.2) is 20.5 Å². The van der Waals surface area contributed by atoms with E-state index >= 15 is 0 Å². The van der Waals surface area contributed by atoms with Crippen molar-refractivity contribution >= 4 is 19.7 Å². The Labute approximate surface area is 203 Å². The van der Waals surface area contributed by atoms with E-state index in [1.807, 2.05) is 24.2 Å². The summed E-state index contributed by atoms with van der Waals surface area (Å²) in [5.41, 5.74) is 12.7. The molecule has 1 N–H and O–H groups in total. The molecule has 2 aromatic carbocycles. The molecule has 0 aromatic heterocycles. The first-order valence-corrected chi connectivity index (χ1v) is 14.1. The Bertz CT molecular complexity index is 902. The third-order valence-electron chi connectivity index (χ3n) is 5.36. The number of benzene rings is 2. The van der Waals surface area contributed by atoms with Crippen molar-refractivity contribution in [1.29, 1.82) is 0 Å². The molecule has 0 spiro atoms. The van der Waals surface area contributed by atoms with Gasteiger partial charge in [-0.1, -0.05) is 70.2 Å². The first kappa shape index (κ1) is 28.1. The van der Waals surface area contributed by atoms with Gasteiger partial charge in [-0.2, -0.15) is 30.2 Å². The predicted octanol–water partition coefficient (Wildman–Crippen LogP) is 7.41. The van der Waals surface area contributed by atoms with Gasteiger partial charge in [-0.25, -0.2) is 8.42 Å². The summed E-state index contributed by atoms with van der Waals surface area (Å²) in [4.78, 5) is 0.228. The summed E-state index contributed by atoms with van der Waals surface area (Å²) in [6.45, 7) is 12.4. The van der Waals surface area contributed by atoms with Crippen molar-refractivity contribution in [2.45, 2.75) is 76.3 Å². The Hall–Kier alpha value is -0.907. The van der Waals surface area contributed by atoms with Gasteiger partial charge in [0.2, 0.25) is 0 Å². The number of hydrogen-bond acceptors (Lipinski definition) is 2. The topological polar surface area (TPSA) is 72.0 Å². The molecule has 0 saturated heterocycles. The van der Waals surface area contributed by atoms with Crippen molar-refractivity contribution in [2.24, 2.45) is 0 Å². The number of halogens is 1. The molecule has 0 amide bonds. The molecule has 1 saturated carbocycles. The van der Waals surface area contributed by atoms with E-state index in [0.29, 0.717) is 12.3 Å². The first-order chi connectivity index (χ1) is 14.6. The third-order valence-corrected chi connectivity index (χ3v) is 6.78. The van der Waals surface area contributed by atoms with Crippen LogP contribution in [0.1, 0.15) is 67.7 Å². The molecule has 1 aliphatic rings. The second kappa shape index (κ2) is 13.6. The standard InChI is InChI=1S/C13H18N2O2S.C11H15.ClH.Ru/c1-10-6-8-11(9-7-10)18(16,17)15-13-5-3-2-4-12(13)14;1-8(2)11-6-5-9(3)10(4)7-11;;/h6-9,12-14H,2-5H2,1H3;5-8H,4H2,1-3H3;1H;/q-2;-1;;+4/p-1/t12-,13-;;;/m1.../s1. The van der Waals surface area contributed by atoms with Crippen LogP contribution in [0.15, 0.2) is 47.4 Å². The first-order valence-electron chi connectivity index (χ1n) is 10.4. The van der Waals surface area contributed by atoms with Gasteiger partial charge in [-0.05, 0) is 25.0 Å². The normalized spacial score (nSPS) is 18.4. The Morgan fingerprint density at radius 1 is 1.06 bits per heavy atom. The molecule has 172 valence electrons. The third kappa shape index (κ3) is 9.23. The summed E-state index contributed by atoms with van der Waals surface area (Å²) in [5, 5.41) is 0. The van der Waals surface area contributed by atoms with Gasteiger partial charge in [0.05, 0.1) is 0 Å². The Kier molecular flexibility index (Phi) is 12.3. The molecule has 1 fully saturated rings. The van der Waals surface area contributed by atoms with Gasteiger partial charge in [-0.15, -0.1) is 17.7 Å². The summed E-state index contributed by atoms with van der Waals surface area (Å²) in [6, 6.07) is 12.4. The number of rotatable bonds is 4. The zero-order valence-corrected chi connectivity index (χ0v) is 22.0. The van der Waals surface area contributed by atoms with Crippen LogP contribution < -0.4 is 0 Å². The van der Waals surface area contributed by atoms with Crippen LogP contribution in [0, 0.1) is 20.8 Å². The number of aryl methyl sites for hydroxylation is 2. The van der Waals surface area contributed by atoms with E-state index in [9.17, 15) is 8.42 Å². The van der Waals surface area contributed by atoms with E-state index in [1.54, 1.807) is 24.3 Å². The van der Waals surface area contributed by atoms with Crippen LogP contribution in [0.3, 0.4) is 0 Å². The fraction of sp³-hybridized carbons (Fsp3) is 0.458. The molecule has 0 unspecified atom stereocenters. The van der Waals surface area contributed by atoms with Crippen molar-refractivity contribution < 1.29 is 25.7 Å². The molecule has 0 bridgehead atoms. The van der Waals surface area contributed by atoms with Crippen molar-refractivity contribution in [3.8, 4) is 0 Å². The van der Waals surface area contributed by atoms with Gasteiger partial charge in [0.1, 0.15) is 10.0 Å². The quantitative estimate of drug-likeness (QED) is 0.294. The number of hydrogen-bond donors (Lipinski definition) is 0. The second-order valence-corrected chi connectivity index (χ2v) is 9.82. The SMILES string of the molecule is Cc1ccc(S(=O)(=O)[N-][C@@H]2CCCC[C@H]2[NH-])cc1.[CH2-]c1cc(C(C)C)ccc1C.[Cl][Ru+3]. The molecule has 2 aromatic rings. The van der Waals surface area contributed by atoms with Gasteiger partial charge in [0, 0.05) is 4.90 Å². The minimum absolute atomic E-state index is 0.228. The van der Waals surface area contributed by atoms with Crippen LogP contribution >= 0.6 is 9.69 Å². The van der Waals surface area contributed by atoms with E-state index in [1.165, 1.54) is 11.1 Å². The Morgan fingerprint density at radius 3 is 2.16 bits per heavy atom. The molecule has 3 rings (SSSR count). The van der Waals surface area contributed by atoms with E-state index < -0.39 is 10.0 Å². The van der Waals surface area contributed by atoms with Crippen LogP contribution in [0.5, 0.6) is 0 Å². The monoisotopic (exact) mass is 550 g/mol. The molecule has 0 radical (unpaired) electrons. The van der Waals surface area contributed by atoms with E-state index in [2.05, 4.69) is 60.3 Å². The minimum atomic E-state index is -3.60. The molecule has 2 atom stereocenters. The van der Waals surface area contributed by atoms with Crippen LogP contribution in [0.4, 0.5) is 0 Å². The molecule has 7 heteroatoms. The predicted molar refractivity (Wildman–Crippen MR) is 128 cm³/mol. The summed E-state index contributed by atoms with van der Waals surface area (Å²) in [7, 11) is 0.964. The maximum absolute atomic E-state index is 12.1. The molecule has 0 heterocycles. The molecular formula is C24H33ClN2O2RuS. The van der Waals surface area contributed by atoms with Gasteiger partial charge in [0.15, 0.2) is 0 Å². The van der Waals surface area contributed by atoms with Crippen LogP contribution in [0.2, 0.25) is 0 Å². The fourth-order valence-corrected chi connectivity index (χ4v) is 4.45. The number of sulfonamides is 1. The van der Waals surface area contributed by atoms with E-state index in [4.69, 9.17) is 5.73 Å². The second-order valence-electron chi connectivity index (χ2n) is 8.19. The molecule has 4 nitrogen and oxygen atoms in total. The van der Waals surface area contributed by atoms with E-state index in [0.717, 1.165) is 30.4 Å². The van der Waals surface area contributed by atoms with Crippen molar-refractivity contribution in [1.82, 2.24) is 0 Å². The maximum atomic E-state index is 12.1. The molecule has 31 heavy (non-hydrogen) atoms. The fourth-order valence-electron chi connectivity index (χ4n) is 3.24. The summed E-state index contributed by atoms with van der Waals surface area (Å²) < 4.78 is 28.1. The van der Waals surface area contributed by atoms with Crippen LogP contribution in [-0.2, 0) is 27.3 Å². The number of nitrogens with zero attached hydrogens (tertiary/aromatic N) is 1. The molecule has 0 aliphatic heterocycles. The Morgan fingerprint density at radius 2 is 1.65 bits per heavy atom. The van der Waals surface area contributed by atoms with Crippen molar-refractivity contribution in [3.05, 3.63) is 82.1 Å². The average Bonchev–Trinajstić information content (AvgIpc) is 2.74. The van der Waals surface area contributed by atoms with E-state index in [-0.39, 0.29) is 17.0 Å². The summed E-state index contributed by atoms with van der Waals surface area (Å²) >= 11 is 1.82. The van der Waals surface area contributed by atoms with Gasteiger partial charge in [-0.3, -0.25) is 0 Å². The van der Waals surface area contributed by atoms with Crippen LogP contribution in [0.25, 0.3) is 10.5 Å².